The Balaban J connectivity index is 1.26. The quantitative estimate of drug-likeness (QED) is 0.593. The molecule has 5 rings (SSSR count). The Morgan fingerprint density at radius 1 is 1.25 bits per heavy atom. The second kappa shape index (κ2) is 6.63. The van der Waals surface area contributed by atoms with E-state index in [1.807, 2.05) is 53.0 Å². The fourth-order valence-electron chi connectivity index (χ4n) is 3.78. The number of hydrogen-bond donors (Lipinski definition) is 1. The van der Waals surface area contributed by atoms with Gasteiger partial charge in [0, 0.05) is 37.8 Å². The van der Waals surface area contributed by atoms with Crippen LogP contribution < -0.4 is 0 Å². The Bertz CT molecular complexity index is 1130. The van der Waals surface area contributed by atoms with E-state index in [1.54, 1.807) is 6.33 Å². The van der Waals surface area contributed by atoms with Crippen LogP contribution in [0.5, 0.6) is 0 Å². The topological polar surface area (TPSA) is 92.8 Å². The van der Waals surface area contributed by atoms with E-state index in [-0.39, 0.29) is 11.8 Å². The Kier molecular flexibility index (Phi) is 3.96. The lowest BCUT2D eigenvalue weighted by Gasteiger charge is -2.30. The predicted molar refractivity (Wildman–Crippen MR) is 103 cm³/mol. The molecule has 8 nitrogen and oxygen atoms in total. The monoisotopic (exact) mass is 376 g/mol. The van der Waals surface area contributed by atoms with Gasteiger partial charge in [-0.1, -0.05) is 5.16 Å². The van der Waals surface area contributed by atoms with Gasteiger partial charge < -0.3 is 19.0 Å². The van der Waals surface area contributed by atoms with E-state index in [9.17, 15) is 4.79 Å². The normalized spacial score (nSPS) is 15.4. The zero-order chi connectivity index (χ0) is 19.1. The zero-order valence-electron chi connectivity index (χ0n) is 15.5. The molecule has 0 atom stereocenters. The number of aryl methyl sites for hydroxylation is 1. The van der Waals surface area contributed by atoms with E-state index < -0.39 is 0 Å². The molecule has 142 valence electrons. The summed E-state index contributed by atoms with van der Waals surface area (Å²) in [5.74, 6) is 1.49. The second-order valence-corrected chi connectivity index (χ2v) is 7.16. The summed E-state index contributed by atoms with van der Waals surface area (Å²) in [5, 5.41) is 4.12. The van der Waals surface area contributed by atoms with Crippen molar-refractivity contribution >= 4 is 16.9 Å². The van der Waals surface area contributed by atoms with Gasteiger partial charge in [0.1, 0.15) is 0 Å². The maximum atomic E-state index is 12.8. The van der Waals surface area contributed by atoms with Crippen molar-refractivity contribution in [3.05, 3.63) is 54.3 Å². The van der Waals surface area contributed by atoms with Crippen molar-refractivity contribution in [2.45, 2.75) is 18.8 Å². The highest BCUT2D eigenvalue weighted by Crippen LogP contribution is 2.29. The minimum absolute atomic E-state index is 0.0463. The van der Waals surface area contributed by atoms with Gasteiger partial charge in [-0.25, -0.2) is 4.98 Å². The molecule has 0 aliphatic carbocycles. The molecule has 28 heavy (non-hydrogen) atoms. The van der Waals surface area contributed by atoms with E-state index in [1.165, 1.54) is 0 Å². The number of hydrogen-bond acceptors (Lipinski definition) is 5. The van der Waals surface area contributed by atoms with Crippen LogP contribution in [0.1, 0.15) is 35.0 Å². The number of carbonyl (C=O) groups is 1. The molecule has 1 saturated heterocycles. The number of nitrogens with zero attached hydrogens (tertiary/aromatic N) is 5. The molecule has 0 bridgehead atoms. The number of rotatable bonds is 3. The molecule has 1 amide bonds. The molecule has 0 unspecified atom stereocenters. The van der Waals surface area contributed by atoms with Gasteiger partial charge in [0.2, 0.25) is 11.7 Å². The van der Waals surface area contributed by atoms with Gasteiger partial charge in [-0.2, -0.15) is 4.98 Å². The lowest BCUT2D eigenvalue weighted by atomic mass is 9.96. The summed E-state index contributed by atoms with van der Waals surface area (Å²) in [6.45, 7) is 1.35. The summed E-state index contributed by atoms with van der Waals surface area (Å²) in [7, 11) is 1.95. The zero-order valence-corrected chi connectivity index (χ0v) is 15.5. The van der Waals surface area contributed by atoms with E-state index in [0.717, 1.165) is 29.6 Å². The lowest BCUT2D eigenvalue weighted by Crippen LogP contribution is -2.38. The molecule has 1 fully saturated rings. The van der Waals surface area contributed by atoms with Gasteiger partial charge in [0.25, 0.3) is 5.91 Å². The van der Waals surface area contributed by atoms with Crippen LogP contribution in [0.25, 0.3) is 22.6 Å². The van der Waals surface area contributed by atoms with Crippen LogP contribution in [0, 0.1) is 0 Å². The molecule has 0 radical (unpaired) electrons. The molecule has 3 aromatic heterocycles. The smallest absolute Gasteiger partial charge is 0.253 e. The van der Waals surface area contributed by atoms with Crippen LogP contribution in [-0.4, -0.2) is 48.6 Å². The van der Waals surface area contributed by atoms with Crippen LogP contribution >= 0.6 is 0 Å². The standard InChI is InChI=1S/C20H20N6O2/c1-25-8-2-3-17(25)18-23-19(28-24-18)13-6-9-26(10-7-13)20(27)14-4-5-15-16(11-14)22-12-21-15/h2-5,8,11-13H,6-7,9-10H2,1H3,(H,21,22). The Hall–Kier alpha value is -3.42. The third-order valence-electron chi connectivity index (χ3n) is 5.41. The van der Waals surface area contributed by atoms with Gasteiger partial charge in [-0.05, 0) is 43.2 Å². The number of carbonyl (C=O) groups excluding carboxylic acids is 1. The number of fused-ring (bicyclic) bond motifs is 1. The van der Waals surface area contributed by atoms with Crippen LogP contribution in [0.4, 0.5) is 0 Å². The molecule has 0 saturated carbocycles. The molecule has 1 aliphatic rings. The Labute approximate surface area is 161 Å². The number of amides is 1. The fourth-order valence-corrected chi connectivity index (χ4v) is 3.78. The van der Waals surface area contributed by atoms with Crippen LogP contribution in [0.15, 0.2) is 47.4 Å². The van der Waals surface area contributed by atoms with Gasteiger partial charge in [0.15, 0.2) is 0 Å². The highest BCUT2D eigenvalue weighted by atomic mass is 16.5. The van der Waals surface area contributed by atoms with Crippen LogP contribution in [-0.2, 0) is 7.05 Å². The van der Waals surface area contributed by atoms with Gasteiger partial charge in [-0.15, -0.1) is 0 Å². The number of imidazole rings is 1. The highest BCUT2D eigenvalue weighted by molar-refractivity contribution is 5.97. The number of benzene rings is 1. The first-order valence-electron chi connectivity index (χ1n) is 9.37. The van der Waals surface area contributed by atoms with Crippen LogP contribution in [0.3, 0.4) is 0 Å². The number of nitrogens with one attached hydrogen (secondary N) is 1. The molecular weight excluding hydrogens is 356 g/mol. The van der Waals surface area contributed by atoms with Crippen molar-refractivity contribution in [1.29, 1.82) is 0 Å². The number of piperidine rings is 1. The van der Waals surface area contributed by atoms with Crippen molar-refractivity contribution in [2.75, 3.05) is 13.1 Å². The molecular formula is C20H20N6O2. The summed E-state index contributed by atoms with van der Waals surface area (Å²) in [6, 6.07) is 9.49. The molecule has 4 aromatic rings. The maximum Gasteiger partial charge on any atom is 0.253 e. The molecule has 1 aromatic carbocycles. The first kappa shape index (κ1) is 16.7. The molecule has 8 heteroatoms. The summed E-state index contributed by atoms with van der Waals surface area (Å²) < 4.78 is 7.48. The van der Waals surface area contributed by atoms with Gasteiger partial charge in [-0.3, -0.25) is 4.79 Å². The molecule has 4 heterocycles. The average molecular weight is 376 g/mol. The highest BCUT2D eigenvalue weighted by Gasteiger charge is 2.28. The van der Waals surface area contributed by atoms with Crippen molar-refractivity contribution in [3.63, 3.8) is 0 Å². The largest absolute Gasteiger partial charge is 0.348 e. The summed E-state index contributed by atoms with van der Waals surface area (Å²) >= 11 is 0. The SMILES string of the molecule is Cn1cccc1-c1noc(C2CCN(C(=O)c3ccc4nc[nH]c4c3)CC2)n1. The predicted octanol–water partition coefficient (Wildman–Crippen LogP) is 2.97. The van der Waals surface area contributed by atoms with E-state index in [0.29, 0.717) is 30.4 Å². The first-order chi connectivity index (χ1) is 13.7. The molecule has 0 spiro atoms. The van der Waals surface area contributed by atoms with Crippen LogP contribution in [0.2, 0.25) is 0 Å². The lowest BCUT2D eigenvalue weighted by molar-refractivity contribution is 0.0704. The summed E-state index contributed by atoms with van der Waals surface area (Å²) in [6.07, 6.45) is 5.22. The average Bonchev–Trinajstić information content (AvgIpc) is 3.47. The summed E-state index contributed by atoms with van der Waals surface area (Å²) in [4.78, 5) is 26.6. The molecule has 1 N–H and O–H groups in total. The number of likely N-dealkylation sites (tertiary alicyclic amines) is 1. The van der Waals surface area contributed by atoms with Crippen molar-refractivity contribution < 1.29 is 9.32 Å². The number of aromatic amines is 1. The van der Waals surface area contributed by atoms with Crippen molar-refractivity contribution in [1.82, 2.24) is 29.6 Å². The molecule has 1 aliphatic heterocycles. The first-order valence-corrected chi connectivity index (χ1v) is 9.37. The van der Waals surface area contributed by atoms with E-state index in [2.05, 4.69) is 20.1 Å². The van der Waals surface area contributed by atoms with Gasteiger partial charge >= 0.3 is 0 Å². The van der Waals surface area contributed by atoms with Crippen molar-refractivity contribution in [2.24, 2.45) is 7.05 Å². The van der Waals surface area contributed by atoms with Gasteiger partial charge in [0.05, 0.1) is 23.1 Å². The van der Waals surface area contributed by atoms with Crippen molar-refractivity contribution in [3.8, 4) is 11.5 Å². The number of aromatic nitrogens is 5. The third-order valence-corrected chi connectivity index (χ3v) is 5.41. The maximum absolute atomic E-state index is 12.8. The Morgan fingerprint density at radius 3 is 2.89 bits per heavy atom. The Morgan fingerprint density at radius 2 is 2.11 bits per heavy atom. The minimum atomic E-state index is 0.0463. The number of H-pyrrole nitrogens is 1. The third kappa shape index (κ3) is 2.87. The second-order valence-electron chi connectivity index (χ2n) is 7.16. The fraction of sp³-hybridized carbons (Fsp3) is 0.300. The minimum Gasteiger partial charge on any atom is -0.348 e. The van der Waals surface area contributed by atoms with E-state index in [4.69, 9.17) is 4.52 Å². The van der Waals surface area contributed by atoms with E-state index >= 15 is 0 Å². The summed E-state index contributed by atoms with van der Waals surface area (Å²) in [5.41, 5.74) is 3.34.